The number of rotatable bonds is 4. The van der Waals surface area contributed by atoms with Gasteiger partial charge in [-0.3, -0.25) is 5.43 Å². The van der Waals surface area contributed by atoms with Gasteiger partial charge in [0.05, 0.1) is 12.6 Å². The minimum Gasteiger partial charge on any atom is -0.382 e. The van der Waals surface area contributed by atoms with Crippen molar-refractivity contribution in [3.05, 3.63) is 27.3 Å². The molecule has 0 spiro atoms. The van der Waals surface area contributed by atoms with Crippen LogP contribution in [0.1, 0.15) is 12.5 Å². The van der Waals surface area contributed by atoms with Crippen molar-refractivity contribution in [3.8, 4) is 0 Å². The first-order valence-electron chi connectivity index (χ1n) is 5.64. The van der Waals surface area contributed by atoms with E-state index in [2.05, 4.69) is 51.3 Å². The Morgan fingerprint density at radius 1 is 1.56 bits per heavy atom. The summed E-state index contributed by atoms with van der Waals surface area (Å²) in [6, 6.07) is 6.08. The van der Waals surface area contributed by atoms with Gasteiger partial charge in [0, 0.05) is 16.4 Å². The highest BCUT2D eigenvalue weighted by molar-refractivity contribution is 14.1. The predicted molar refractivity (Wildman–Crippen MR) is 83.6 cm³/mol. The van der Waals surface area contributed by atoms with Crippen LogP contribution in [0.3, 0.4) is 0 Å². The maximum Gasteiger partial charge on any atom is 0.210 e. The van der Waals surface area contributed by atoms with Gasteiger partial charge in [-0.25, -0.2) is 10.8 Å². The van der Waals surface area contributed by atoms with Crippen LogP contribution >= 0.6 is 22.6 Å². The highest BCUT2D eigenvalue weighted by Gasteiger charge is 2.06. The molecule has 0 aromatic heterocycles. The molecular weight excluding hydrogens is 343 g/mol. The summed E-state index contributed by atoms with van der Waals surface area (Å²) in [5.41, 5.74) is 4.72. The molecule has 1 rings (SSSR count). The smallest absolute Gasteiger partial charge is 0.210 e. The van der Waals surface area contributed by atoms with Crippen LogP contribution in [0.4, 0.5) is 5.69 Å². The lowest BCUT2D eigenvalue weighted by atomic mass is 10.2. The zero-order valence-corrected chi connectivity index (χ0v) is 13.0. The minimum atomic E-state index is 0.0386. The van der Waals surface area contributed by atoms with Gasteiger partial charge in [0.25, 0.3) is 0 Å². The highest BCUT2D eigenvalue weighted by atomic mass is 127. The van der Waals surface area contributed by atoms with E-state index in [4.69, 9.17) is 10.6 Å². The van der Waals surface area contributed by atoms with E-state index in [9.17, 15) is 0 Å². The average molecular weight is 362 g/mol. The Morgan fingerprint density at radius 2 is 2.28 bits per heavy atom. The standard InChI is InChI=1S/C12H19IN4O/c1-8(7-18-3)15-12(17-14)16-11-6-4-5-10(13)9(11)2/h4-6,8H,7,14H2,1-3H3,(H2,15,16,17). The molecular formula is C12H19IN4O. The summed E-state index contributed by atoms with van der Waals surface area (Å²) >= 11 is 2.30. The van der Waals surface area contributed by atoms with E-state index in [1.807, 2.05) is 19.1 Å². The number of benzene rings is 1. The summed E-state index contributed by atoms with van der Waals surface area (Å²) in [5, 5.41) is 3.18. The number of methoxy groups -OCH3 is 1. The van der Waals surface area contributed by atoms with E-state index in [1.54, 1.807) is 7.11 Å². The Balaban J connectivity index is 2.83. The van der Waals surface area contributed by atoms with Crippen molar-refractivity contribution in [2.24, 2.45) is 10.8 Å². The fraction of sp³-hybridized carbons (Fsp3) is 0.417. The molecule has 0 saturated heterocycles. The molecule has 1 aromatic rings. The molecule has 100 valence electrons. The van der Waals surface area contributed by atoms with Crippen molar-refractivity contribution in [2.75, 3.05) is 19.0 Å². The second-order valence-corrected chi connectivity index (χ2v) is 5.13. The third kappa shape index (κ3) is 4.43. The van der Waals surface area contributed by atoms with Crippen LogP contribution in [0, 0.1) is 10.5 Å². The topological polar surface area (TPSA) is 71.7 Å². The second kappa shape index (κ2) is 7.55. The molecule has 0 aliphatic rings. The van der Waals surface area contributed by atoms with Gasteiger partial charge in [0.1, 0.15) is 0 Å². The van der Waals surface area contributed by atoms with Crippen molar-refractivity contribution < 1.29 is 4.74 Å². The Hall–Kier alpha value is -0.860. The number of guanidine groups is 1. The maximum atomic E-state index is 5.47. The van der Waals surface area contributed by atoms with Gasteiger partial charge in [-0.15, -0.1) is 0 Å². The second-order valence-electron chi connectivity index (χ2n) is 3.96. The van der Waals surface area contributed by atoms with E-state index >= 15 is 0 Å². The maximum absolute atomic E-state index is 5.47. The van der Waals surface area contributed by atoms with Crippen LogP contribution in [0.25, 0.3) is 0 Å². The van der Waals surface area contributed by atoms with E-state index in [0.29, 0.717) is 12.6 Å². The number of aliphatic imine (C=N–C) groups is 1. The zero-order valence-electron chi connectivity index (χ0n) is 10.8. The highest BCUT2D eigenvalue weighted by Crippen LogP contribution is 2.20. The first-order chi connectivity index (χ1) is 8.58. The third-order valence-electron chi connectivity index (χ3n) is 2.41. The molecule has 0 amide bonds. The largest absolute Gasteiger partial charge is 0.382 e. The quantitative estimate of drug-likeness (QED) is 0.251. The molecule has 0 bridgehead atoms. The van der Waals surface area contributed by atoms with Gasteiger partial charge < -0.3 is 10.1 Å². The molecule has 5 nitrogen and oxygen atoms in total. The molecule has 4 N–H and O–H groups in total. The summed E-state index contributed by atoms with van der Waals surface area (Å²) in [7, 11) is 1.65. The number of nitrogens with two attached hydrogens (primary N) is 1. The lowest BCUT2D eigenvalue weighted by Gasteiger charge is -2.14. The Labute approximate surface area is 121 Å². The summed E-state index contributed by atoms with van der Waals surface area (Å²) in [6.45, 7) is 4.57. The molecule has 0 radical (unpaired) electrons. The average Bonchev–Trinajstić information content (AvgIpc) is 2.34. The summed E-state index contributed by atoms with van der Waals surface area (Å²) < 4.78 is 6.23. The van der Waals surface area contributed by atoms with Gasteiger partial charge >= 0.3 is 0 Å². The number of hydrogen-bond donors (Lipinski definition) is 3. The number of hydrogen-bond acceptors (Lipinski definition) is 3. The van der Waals surface area contributed by atoms with E-state index in [0.717, 1.165) is 5.69 Å². The molecule has 1 atom stereocenters. The lowest BCUT2D eigenvalue weighted by Crippen LogP contribution is -2.37. The predicted octanol–water partition coefficient (Wildman–Crippen LogP) is 1.87. The van der Waals surface area contributed by atoms with Crippen molar-refractivity contribution in [1.29, 1.82) is 0 Å². The number of halogens is 1. The number of hydrazine groups is 1. The Kier molecular flexibility index (Phi) is 6.37. The van der Waals surface area contributed by atoms with Crippen LogP contribution in [0.5, 0.6) is 0 Å². The first-order valence-corrected chi connectivity index (χ1v) is 6.71. The van der Waals surface area contributed by atoms with Gasteiger partial charge in [-0.05, 0) is 54.1 Å². The molecule has 0 aliphatic heterocycles. The first kappa shape index (κ1) is 15.2. The van der Waals surface area contributed by atoms with Crippen LogP contribution in [-0.4, -0.2) is 25.7 Å². The molecule has 0 fully saturated rings. The molecule has 1 aromatic carbocycles. The van der Waals surface area contributed by atoms with Crippen LogP contribution in [-0.2, 0) is 4.74 Å². The molecule has 18 heavy (non-hydrogen) atoms. The fourth-order valence-electron chi connectivity index (χ4n) is 1.47. The van der Waals surface area contributed by atoms with E-state index in [1.165, 1.54) is 9.13 Å². The normalized spacial score (nSPS) is 13.3. The van der Waals surface area contributed by atoms with Gasteiger partial charge in [0.2, 0.25) is 5.96 Å². The van der Waals surface area contributed by atoms with Crippen molar-refractivity contribution >= 4 is 34.2 Å². The van der Waals surface area contributed by atoms with E-state index < -0.39 is 0 Å². The number of anilines is 1. The summed E-state index contributed by atoms with van der Waals surface area (Å²) in [6.07, 6.45) is 0. The summed E-state index contributed by atoms with van der Waals surface area (Å²) in [4.78, 5) is 4.39. The van der Waals surface area contributed by atoms with Gasteiger partial charge in [-0.1, -0.05) is 6.07 Å². The number of nitrogens with zero attached hydrogens (tertiary/aromatic N) is 1. The van der Waals surface area contributed by atoms with E-state index in [-0.39, 0.29) is 6.04 Å². The van der Waals surface area contributed by atoms with Crippen molar-refractivity contribution in [2.45, 2.75) is 19.9 Å². The van der Waals surface area contributed by atoms with Crippen molar-refractivity contribution in [3.63, 3.8) is 0 Å². The SMILES string of the molecule is COCC(C)N=C(NN)Nc1cccc(I)c1C. The number of nitrogens with one attached hydrogen (secondary N) is 2. The van der Waals surface area contributed by atoms with Crippen LogP contribution in [0.2, 0.25) is 0 Å². The van der Waals surface area contributed by atoms with Gasteiger partial charge in [-0.2, -0.15) is 0 Å². The Bertz CT molecular complexity index is 423. The van der Waals surface area contributed by atoms with Gasteiger partial charge in [0.15, 0.2) is 0 Å². The molecule has 1 unspecified atom stereocenters. The van der Waals surface area contributed by atoms with Crippen LogP contribution in [0.15, 0.2) is 23.2 Å². The Morgan fingerprint density at radius 3 is 2.89 bits per heavy atom. The van der Waals surface area contributed by atoms with Crippen molar-refractivity contribution in [1.82, 2.24) is 5.43 Å². The minimum absolute atomic E-state index is 0.0386. The zero-order chi connectivity index (χ0) is 13.5. The summed E-state index contributed by atoms with van der Waals surface area (Å²) in [5.74, 6) is 6.00. The third-order valence-corrected chi connectivity index (χ3v) is 3.58. The molecule has 0 saturated carbocycles. The molecule has 0 aliphatic carbocycles. The fourth-order valence-corrected chi connectivity index (χ4v) is 1.97. The number of ether oxygens (including phenoxy) is 1. The monoisotopic (exact) mass is 362 g/mol. The lowest BCUT2D eigenvalue weighted by molar-refractivity contribution is 0.185. The van der Waals surface area contributed by atoms with Crippen LogP contribution < -0.4 is 16.6 Å². The molecule has 0 heterocycles. The molecule has 6 heteroatoms.